The normalized spacial score (nSPS) is 15.6. The van der Waals surface area contributed by atoms with Crippen LogP contribution in [0, 0.1) is 6.92 Å². The van der Waals surface area contributed by atoms with Crippen LogP contribution >= 0.6 is 0 Å². The summed E-state index contributed by atoms with van der Waals surface area (Å²) in [5.41, 5.74) is 4.25. The zero-order chi connectivity index (χ0) is 20.5. The van der Waals surface area contributed by atoms with E-state index in [0.717, 1.165) is 47.3 Å². The Bertz CT molecular complexity index is 1210. The van der Waals surface area contributed by atoms with Crippen molar-refractivity contribution in [2.75, 3.05) is 7.11 Å². The highest BCUT2D eigenvalue weighted by Gasteiger charge is 2.27. The summed E-state index contributed by atoms with van der Waals surface area (Å²) in [7, 11) is 1.68. The summed E-state index contributed by atoms with van der Waals surface area (Å²) in [4.78, 5) is 9.09. The van der Waals surface area contributed by atoms with E-state index in [9.17, 15) is 0 Å². The van der Waals surface area contributed by atoms with Crippen LogP contribution < -0.4 is 4.74 Å². The molecule has 0 fully saturated rings. The van der Waals surface area contributed by atoms with Gasteiger partial charge in [-0.2, -0.15) is 5.10 Å². The summed E-state index contributed by atoms with van der Waals surface area (Å²) in [6.07, 6.45) is 8.81. The van der Waals surface area contributed by atoms with E-state index in [4.69, 9.17) is 9.72 Å². The highest BCUT2D eigenvalue weighted by atomic mass is 16.5. The van der Waals surface area contributed by atoms with E-state index in [1.54, 1.807) is 13.4 Å². The SMILES string of the molecule is COc1cc(/C=C/c2nc3n(n2)CC[C@@H]3c2ccccc2)ccc1-n1cnc(C)c1. The van der Waals surface area contributed by atoms with Crippen molar-refractivity contribution in [3.63, 3.8) is 0 Å². The van der Waals surface area contributed by atoms with Crippen LogP contribution in [-0.4, -0.2) is 31.4 Å². The summed E-state index contributed by atoms with van der Waals surface area (Å²) >= 11 is 0. The molecular weight excluding hydrogens is 374 g/mol. The van der Waals surface area contributed by atoms with E-state index in [0.29, 0.717) is 5.92 Å². The third kappa shape index (κ3) is 3.41. The Kier molecular flexibility index (Phi) is 4.67. The lowest BCUT2D eigenvalue weighted by Crippen LogP contribution is -1.98. The lowest BCUT2D eigenvalue weighted by atomic mass is 9.97. The molecule has 0 radical (unpaired) electrons. The Balaban J connectivity index is 1.39. The van der Waals surface area contributed by atoms with Crippen molar-refractivity contribution in [1.29, 1.82) is 0 Å². The van der Waals surface area contributed by atoms with Crippen molar-refractivity contribution in [2.45, 2.75) is 25.8 Å². The van der Waals surface area contributed by atoms with Crippen molar-refractivity contribution in [2.24, 2.45) is 0 Å². The second-order valence-electron chi connectivity index (χ2n) is 7.49. The quantitative estimate of drug-likeness (QED) is 0.498. The van der Waals surface area contributed by atoms with Gasteiger partial charge in [-0.1, -0.05) is 42.5 Å². The number of benzene rings is 2. The Hall–Kier alpha value is -3.67. The number of nitrogens with zero attached hydrogens (tertiary/aromatic N) is 5. The molecule has 2 aromatic heterocycles. The van der Waals surface area contributed by atoms with Gasteiger partial charge < -0.3 is 9.30 Å². The second kappa shape index (κ2) is 7.63. The number of fused-ring (bicyclic) bond motifs is 1. The number of aryl methyl sites for hydroxylation is 2. The minimum atomic E-state index is 0.318. The van der Waals surface area contributed by atoms with Gasteiger partial charge in [-0.05, 0) is 42.7 Å². The maximum Gasteiger partial charge on any atom is 0.174 e. The molecule has 0 spiro atoms. The zero-order valence-electron chi connectivity index (χ0n) is 17.1. The Labute approximate surface area is 175 Å². The summed E-state index contributed by atoms with van der Waals surface area (Å²) in [6.45, 7) is 2.88. The molecule has 1 aliphatic heterocycles. The molecule has 0 amide bonds. The molecule has 6 heteroatoms. The average Bonchev–Trinajstić information content (AvgIpc) is 3.48. The Morgan fingerprint density at radius 1 is 1.10 bits per heavy atom. The number of hydrogen-bond donors (Lipinski definition) is 0. The summed E-state index contributed by atoms with van der Waals surface area (Å²) in [5, 5.41) is 4.67. The van der Waals surface area contributed by atoms with Crippen molar-refractivity contribution in [3.05, 3.63) is 89.5 Å². The molecule has 0 aliphatic carbocycles. The molecule has 4 aromatic rings. The molecule has 0 bridgehead atoms. The fraction of sp³-hybridized carbons (Fsp3) is 0.208. The number of ether oxygens (including phenoxy) is 1. The first-order valence-electron chi connectivity index (χ1n) is 10.1. The van der Waals surface area contributed by atoms with Crippen LogP contribution in [0.25, 0.3) is 17.8 Å². The molecule has 3 heterocycles. The highest BCUT2D eigenvalue weighted by molar-refractivity contribution is 5.69. The van der Waals surface area contributed by atoms with Gasteiger partial charge in [-0.3, -0.25) is 0 Å². The van der Waals surface area contributed by atoms with E-state index in [1.165, 1.54) is 5.56 Å². The van der Waals surface area contributed by atoms with Gasteiger partial charge in [0.15, 0.2) is 5.82 Å². The maximum atomic E-state index is 5.60. The summed E-state index contributed by atoms with van der Waals surface area (Å²) in [5.74, 6) is 2.89. The van der Waals surface area contributed by atoms with E-state index in [-0.39, 0.29) is 0 Å². The second-order valence-corrected chi connectivity index (χ2v) is 7.49. The third-order valence-corrected chi connectivity index (χ3v) is 5.48. The van der Waals surface area contributed by atoms with E-state index in [2.05, 4.69) is 40.4 Å². The molecule has 5 rings (SSSR count). The molecule has 0 unspecified atom stereocenters. The molecular formula is C24H23N5O. The number of imidazole rings is 1. The van der Waals surface area contributed by atoms with Crippen molar-refractivity contribution < 1.29 is 4.74 Å². The van der Waals surface area contributed by atoms with Gasteiger partial charge in [0, 0.05) is 18.7 Å². The molecule has 2 aromatic carbocycles. The fourth-order valence-electron chi connectivity index (χ4n) is 3.98. The standard InChI is InChI=1S/C24H23N5O/c1-17-15-28(16-25-17)21-10-8-18(14-22(21)30-2)9-11-23-26-24-20(12-13-29(24)27-23)19-6-4-3-5-7-19/h3-11,14-16,20H,12-13H2,1-2H3/b11-9+/t20-/m1/s1. The van der Waals surface area contributed by atoms with Crippen LogP contribution in [0.4, 0.5) is 0 Å². The first-order chi connectivity index (χ1) is 14.7. The monoisotopic (exact) mass is 397 g/mol. The van der Waals surface area contributed by atoms with Gasteiger partial charge >= 0.3 is 0 Å². The smallest absolute Gasteiger partial charge is 0.174 e. The third-order valence-electron chi connectivity index (χ3n) is 5.48. The minimum absolute atomic E-state index is 0.318. The predicted octanol–water partition coefficient (Wildman–Crippen LogP) is 4.49. The van der Waals surface area contributed by atoms with Gasteiger partial charge in [0.2, 0.25) is 0 Å². The van der Waals surface area contributed by atoms with Gasteiger partial charge in [0.1, 0.15) is 11.6 Å². The van der Waals surface area contributed by atoms with Gasteiger partial charge in [0.25, 0.3) is 0 Å². The lowest BCUT2D eigenvalue weighted by Gasteiger charge is -2.09. The molecule has 0 saturated heterocycles. The number of aromatic nitrogens is 5. The van der Waals surface area contributed by atoms with E-state index in [1.807, 2.05) is 52.7 Å². The van der Waals surface area contributed by atoms with Crippen LogP contribution in [0.15, 0.2) is 61.1 Å². The maximum absolute atomic E-state index is 5.60. The Morgan fingerprint density at radius 2 is 1.97 bits per heavy atom. The van der Waals surface area contributed by atoms with Crippen LogP contribution in [0.3, 0.4) is 0 Å². The number of hydrogen-bond acceptors (Lipinski definition) is 4. The van der Waals surface area contributed by atoms with Gasteiger partial charge in [0.05, 0.1) is 24.8 Å². The largest absolute Gasteiger partial charge is 0.495 e. The van der Waals surface area contributed by atoms with Crippen LogP contribution in [0.2, 0.25) is 0 Å². The first-order valence-corrected chi connectivity index (χ1v) is 10.1. The van der Waals surface area contributed by atoms with E-state index < -0.39 is 0 Å². The molecule has 1 atom stereocenters. The van der Waals surface area contributed by atoms with Gasteiger partial charge in [-0.15, -0.1) is 0 Å². The molecule has 1 aliphatic rings. The van der Waals surface area contributed by atoms with Crippen molar-refractivity contribution in [1.82, 2.24) is 24.3 Å². The van der Waals surface area contributed by atoms with Crippen molar-refractivity contribution in [3.8, 4) is 11.4 Å². The summed E-state index contributed by atoms with van der Waals surface area (Å²) < 4.78 is 9.59. The topological polar surface area (TPSA) is 57.8 Å². The van der Waals surface area contributed by atoms with Crippen LogP contribution in [0.5, 0.6) is 5.75 Å². The fourth-order valence-corrected chi connectivity index (χ4v) is 3.98. The first kappa shape index (κ1) is 18.4. The van der Waals surface area contributed by atoms with E-state index >= 15 is 0 Å². The molecule has 30 heavy (non-hydrogen) atoms. The molecule has 6 nitrogen and oxygen atoms in total. The molecule has 0 saturated carbocycles. The zero-order valence-corrected chi connectivity index (χ0v) is 17.1. The highest BCUT2D eigenvalue weighted by Crippen LogP contribution is 2.32. The lowest BCUT2D eigenvalue weighted by molar-refractivity contribution is 0.413. The average molecular weight is 397 g/mol. The molecule has 150 valence electrons. The van der Waals surface area contributed by atoms with Crippen LogP contribution in [0.1, 0.15) is 40.8 Å². The number of rotatable bonds is 5. The molecule has 0 N–H and O–H groups in total. The number of methoxy groups -OCH3 is 1. The minimum Gasteiger partial charge on any atom is -0.495 e. The van der Waals surface area contributed by atoms with Gasteiger partial charge in [-0.25, -0.2) is 14.6 Å². The predicted molar refractivity (Wildman–Crippen MR) is 117 cm³/mol. The summed E-state index contributed by atoms with van der Waals surface area (Å²) in [6, 6.07) is 16.6. The Morgan fingerprint density at radius 3 is 2.73 bits per heavy atom. The van der Waals surface area contributed by atoms with Crippen molar-refractivity contribution >= 4 is 12.2 Å². The van der Waals surface area contributed by atoms with Crippen LogP contribution in [-0.2, 0) is 6.54 Å².